The Hall–Kier alpha value is -1.11. The third-order valence-corrected chi connectivity index (χ3v) is 4.50. The van der Waals surface area contributed by atoms with Crippen LogP contribution in [0.5, 0.6) is 0 Å². The van der Waals surface area contributed by atoms with E-state index < -0.39 is 10.0 Å². The molecule has 0 amide bonds. The third kappa shape index (κ3) is 4.49. The van der Waals surface area contributed by atoms with Gasteiger partial charge in [-0.1, -0.05) is 13.8 Å². The van der Waals surface area contributed by atoms with Crippen LogP contribution in [-0.4, -0.2) is 28.1 Å². The molecule has 0 aliphatic rings. The Morgan fingerprint density at radius 3 is 2.21 bits per heavy atom. The Balaban J connectivity index is 2.82. The van der Waals surface area contributed by atoms with E-state index in [-0.39, 0.29) is 10.9 Å². The van der Waals surface area contributed by atoms with Crippen LogP contribution >= 0.6 is 0 Å². The standard InChI is InChI=1S/C13H23N3O2S/c1-10(2)13(8-9-14)16-11-4-6-12(7-5-11)19(17,18)15-3/h4-7,10,13,15-16H,8-9,14H2,1-3H3. The van der Waals surface area contributed by atoms with Crippen LogP contribution in [0.1, 0.15) is 20.3 Å². The molecule has 0 spiro atoms. The lowest BCUT2D eigenvalue weighted by Crippen LogP contribution is -2.28. The lowest BCUT2D eigenvalue weighted by Gasteiger charge is -2.23. The molecule has 1 aromatic carbocycles. The second-order valence-electron chi connectivity index (χ2n) is 4.80. The molecule has 19 heavy (non-hydrogen) atoms. The molecule has 0 saturated carbocycles. The highest BCUT2D eigenvalue weighted by Gasteiger charge is 2.14. The number of hydrogen-bond acceptors (Lipinski definition) is 4. The summed E-state index contributed by atoms with van der Waals surface area (Å²) in [5.74, 6) is 0.462. The number of nitrogens with one attached hydrogen (secondary N) is 2. The predicted molar refractivity (Wildman–Crippen MR) is 78.6 cm³/mol. The Kier molecular flexibility index (Phi) is 5.78. The van der Waals surface area contributed by atoms with Crippen molar-refractivity contribution in [1.29, 1.82) is 0 Å². The van der Waals surface area contributed by atoms with E-state index in [0.29, 0.717) is 12.5 Å². The van der Waals surface area contributed by atoms with Gasteiger partial charge >= 0.3 is 0 Å². The summed E-state index contributed by atoms with van der Waals surface area (Å²) in [6, 6.07) is 7.02. The van der Waals surface area contributed by atoms with Gasteiger partial charge in [0.15, 0.2) is 0 Å². The number of benzene rings is 1. The molecule has 1 unspecified atom stereocenters. The predicted octanol–water partition coefficient (Wildman–Crippen LogP) is 1.38. The Morgan fingerprint density at radius 2 is 1.79 bits per heavy atom. The second kappa shape index (κ2) is 6.88. The topological polar surface area (TPSA) is 84.2 Å². The molecule has 0 aromatic heterocycles. The summed E-state index contributed by atoms with van der Waals surface area (Å²) < 4.78 is 25.5. The Bertz CT molecular complexity index is 483. The van der Waals surface area contributed by atoms with Crippen LogP contribution in [0.3, 0.4) is 0 Å². The molecule has 0 radical (unpaired) electrons. The van der Waals surface area contributed by atoms with Crippen LogP contribution in [0.15, 0.2) is 29.2 Å². The average molecular weight is 285 g/mol. The van der Waals surface area contributed by atoms with Crippen LogP contribution in [0, 0.1) is 5.92 Å². The number of rotatable bonds is 7. The first-order chi connectivity index (χ1) is 8.90. The van der Waals surface area contributed by atoms with Gasteiger partial charge in [-0.3, -0.25) is 0 Å². The Morgan fingerprint density at radius 1 is 1.21 bits per heavy atom. The van der Waals surface area contributed by atoms with Gasteiger partial charge in [-0.15, -0.1) is 0 Å². The van der Waals surface area contributed by atoms with Gasteiger partial charge in [0.25, 0.3) is 0 Å². The fourth-order valence-corrected chi connectivity index (χ4v) is 2.54. The van der Waals surface area contributed by atoms with E-state index >= 15 is 0 Å². The van der Waals surface area contributed by atoms with E-state index in [0.717, 1.165) is 12.1 Å². The highest BCUT2D eigenvalue weighted by Crippen LogP contribution is 2.17. The highest BCUT2D eigenvalue weighted by atomic mass is 32.2. The summed E-state index contributed by atoms with van der Waals surface area (Å²) >= 11 is 0. The molecule has 4 N–H and O–H groups in total. The minimum atomic E-state index is -3.37. The largest absolute Gasteiger partial charge is 0.382 e. The SMILES string of the molecule is CNS(=O)(=O)c1ccc(NC(CCN)C(C)C)cc1. The second-order valence-corrected chi connectivity index (χ2v) is 6.69. The molecule has 5 nitrogen and oxygen atoms in total. The van der Waals surface area contributed by atoms with Crippen molar-refractivity contribution in [3.63, 3.8) is 0 Å². The van der Waals surface area contributed by atoms with E-state index in [1.54, 1.807) is 24.3 Å². The smallest absolute Gasteiger partial charge is 0.240 e. The van der Waals surface area contributed by atoms with Crippen LogP contribution in [0.2, 0.25) is 0 Å². The number of nitrogens with two attached hydrogens (primary N) is 1. The van der Waals surface area contributed by atoms with Gasteiger partial charge in [-0.2, -0.15) is 0 Å². The first-order valence-corrected chi connectivity index (χ1v) is 7.89. The van der Waals surface area contributed by atoms with Crippen molar-refractivity contribution in [2.75, 3.05) is 18.9 Å². The van der Waals surface area contributed by atoms with Gasteiger partial charge in [0.2, 0.25) is 10.0 Å². The molecule has 0 aliphatic carbocycles. The maximum absolute atomic E-state index is 11.6. The van der Waals surface area contributed by atoms with E-state index in [9.17, 15) is 8.42 Å². The summed E-state index contributed by atoms with van der Waals surface area (Å²) in [7, 11) is -1.97. The van der Waals surface area contributed by atoms with Crippen molar-refractivity contribution in [2.24, 2.45) is 11.7 Å². The van der Waals surface area contributed by atoms with E-state index in [2.05, 4.69) is 23.9 Å². The zero-order valence-corrected chi connectivity index (χ0v) is 12.5. The van der Waals surface area contributed by atoms with Crippen molar-refractivity contribution >= 4 is 15.7 Å². The quantitative estimate of drug-likeness (QED) is 0.706. The first kappa shape index (κ1) is 15.9. The van der Waals surface area contributed by atoms with Crippen LogP contribution in [0.25, 0.3) is 0 Å². The van der Waals surface area contributed by atoms with Gasteiger partial charge in [-0.05, 0) is 50.2 Å². The lowest BCUT2D eigenvalue weighted by molar-refractivity contribution is 0.499. The summed E-state index contributed by atoms with van der Waals surface area (Å²) in [6.45, 7) is 4.89. The average Bonchev–Trinajstić information content (AvgIpc) is 2.38. The minimum absolute atomic E-state index is 0.264. The lowest BCUT2D eigenvalue weighted by atomic mass is 10.0. The molecule has 1 rings (SSSR count). The maximum Gasteiger partial charge on any atom is 0.240 e. The van der Waals surface area contributed by atoms with Gasteiger partial charge in [0, 0.05) is 11.7 Å². The summed E-state index contributed by atoms with van der Waals surface area (Å²) in [4.78, 5) is 0.264. The maximum atomic E-state index is 11.6. The van der Waals surface area contributed by atoms with Gasteiger partial charge in [-0.25, -0.2) is 13.1 Å². The Labute approximate surface area is 115 Å². The summed E-state index contributed by atoms with van der Waals surface area (Å²) in [5.41, 5.74) is 6.50. The van der Waals surface area contributed by atoms with Crippen molar-refractivity contribution in [3.05, 3.63) is 24.3 Å². The third-order valence-electron chi connectivity index (χ3n) is 3.07. The summed E-state index contributed by atoms with van der Waals surface area (Å²) in [6.07, 6.45) is 0.883. The van der Waals surface area contributed by atoms with Crippen molar-refractivity contribution in [1.82, 2.24) is 4.72 Å². The van der Waals surface area contributed by atoms with Gasteiger partial charge < -0.3 is 11.1 Å². The fourth-order valence-electron chi connectivity index (χ4n) is 1.81. The molecule has 108 valence electrons. The number of sulfonamides is 1. The molecular formula is C13H23N3O2S. The van der Waals surface area contributed by atoms with Crippen LogP contribution in [-0.2, 0) is 10.0 Å². The molecule has 0 fully saturated rings. The molecule has 0 heterocycles. The fraction of sp³-hybridized carbons (Fsp3) is 0.538. The molecule has 0 aliphatic heterocycles. The number of hydrogen-bond donors (Lipinski definition) is 3. The van der Waals surface area contributed by atoms with Crippen molar-refractivity contribution < 1.29 is 8.42 Å². The van der Waals surface area contributed by atoms with E-state index in [1.807, 2.05) is 0 Å². The minimum Gasteiger partial charge on any atom is -0.382 e. The number of anilines is 1. The first-order valence-electron chi connectivity index (χ1n) is 6.41. The molecule has 0 bridgehead atoms. The zero-order chi connectivity index (χ0) is 14.5. The molecule has 1 aromatic rings. The molecule has 6 heteroatoms. The van der Waals surface area contributed by atoms with E-state index in [4.69, 9.17) is 5.73 Å². The zero-order valence-electron chi connectivity index (χ0n) is 11.7. The highest BCUT2D eigenvalue weighted by molar-refractivity contribution is 7.89. The van der Waals surface area contributed by atoms with Crippen molar-refractivity contribution in [3.8, 4) is 0 Å². The van der Waals surface area contributed by atoms with Crippen LogP contribution in [0.4, 0.5) is 5.69 Å². The molecular weight excluding hydrogens is 262 g/mol. The normalized spacial score (nSPS) is 13.5. The van der Waals surface area contributed by atoms with Crippen LogP contribution < -0.4 is 15.8 Å². The van der Waals surface area contributed by atoms with Gasteiger partial charge in [0.1, 0.15) is 0 Å². The molecule has 0 saturated heterocycles. The molecule has 1 atom stereocenters. The van der Waals surface area contributed by atoms with Gasteiger partial charge in [0.05, 0.1) is 4.90 Å². The van der Waals surface area contributed by atoms with E-state index in [1.165, 1.54) is 7.05 Å². The summed E-state index contributed by atoms with van der Waals surface area (Å²) in [5, 5.41) is 3.38. The monoisotopic (exact) mass is 285 g/mol. The van der Waals surface area contributed by atoms with Crippen molar-refractivity contribution in [2.45, 2.75) is 31.2 Å².